The molecule has 1 amide bonds. The summed E-state index contributed by atoms with van der Waals surface area (Å²) in [6.45, 7) is 9.89. The van der Waals surface area contributed by atoms with E-state index in [9.17, 15) is 4.79 Å². The normalized spacial score (nSPS) is 16.2. The predicted molar refractivity (Wildman–Crippen MR) is 149 cm³/mol. The molecule has 12 heteroatoms. The zero-order chi connectivity index (χ0) is 26.6. The monoisotopic (exact) mass is 603 g/mol. The fraction of sp³-hybridized carbons (Fsp3) is 0.538. The lowest BCUT2D eigenvalue weighted by atomic mass is 9.93. The Bertz CT molecular complexity index is 1350. The number of aryl methyl sites for hydroxylation is 1. The van der Waals surface area contributed by atoms with E-state index in [-0.39, 0.29) is 11.4 Å². The van der Waals surface area contributed by atoms with E-state index in [1.54, 1.807) is 6.33 Å². The minimum absolute atomic E-state index is 0.183. The van der Waals surface area contributed by atoms with Gasteiger partial charge in [-0.05, 0) is 80.2 Å². The number of aromatic nitrogens is 4. The number of H-pyrrole nitrogens is 1. The average Bonchev–Trinajstić information content (AvgIpc) is 3.35. The Hall–Kier alpha value is -2.57. The van der Waals surface area contributed by atoms with Crippen LogP contribution in [0.1, 0.15) is 33.1 Å². The van der Waals surface area contributed by atoms with E-state index in [2.05, 4.69) is 30.8 Å². The van der Waals surface area contributed by atoms with Crippen LogP contribution in [0.4, 0.5) is 0 Å². The fourth-order valence-electron chi connectivity index (χ4n) is 5.02. The summed E-state index contributed by atoms with van der Waals surface area (Å²) < 4.78 is 14.3. The molecule has 0 spiro atoms. The Kier molecular flexibility index (Phi) is 8.59. The highest BCUT2D eigenvalue weighted by Gasteiger charge is 2.23. The molecule has 2 aliphatic rings. The molecule has 0 aliphatic carbocycles. The second kappa shape index (κ2) is 12.1. The third kappa shape index (κ3) is 6.02. The SMILES string of the molecule is CCN(CC)C(=O)CN1CCC(CCn2cnc(=N)c3[nH]c(Sc4cc5c(cc4Br)OCCO5)nc32)CC1. The lowest BCUT2D eigenvalue weighted by molar-refractivity contribution is -0.132. The van der Waals surface area contributed by atoms with Gasteiger partial charge in [-0.1, -0.05) is 11.8 Å². The number of hydrogen-bond acceptors (Lipinski definition) is 8. The molecule has 4 heterocycles. The van der Waals surface area contributed by atoms with Crippen LogP contribution in [0.25, 0.3) is 11.2 Å². The number of nitrogens with zero attached hydrogens (tertiary/aromatic N) is 5. The number of carbonyl (C=O) groups excluding carboxylic acids is 1. The maximum absolute atomic E-state index is 12.4. The molecule has 0 unspecified atom stereocenters. The van der Waals surface area contributed by atoms with Crippen molar-refractivity contribution in [3.8, 4) is 11.5 Å². The maximum Gasteiger partial charge on any atom is 0.236 e. The van der Waals surface area contributed by atoms with Gasteiger partial charge in [0.15, 0.2) is 27.8 Å². The van der Waals surface area contributed by atoms with Gasteiger partial charge in [-0.2, -0.15) is 0 Å². The van der Waals surface area contributed by atoms with Crippen LogP contribution in [0.15, 0.2) is 33.0 Å². The predicted octanol–water partition coefficient (Wildman–Crippen LogP) is 3.89. The Balaban J connectivity index is 1.22. The third-order valence-corrected chi connectivity index (χ3v) is 9.12. The van der Waals surface area contributed by atoms with Crippen molar-refractivity contribution in [2.45, 2.75) is 49.7 Å². The molecular formula is C26H34BrN7O3S. The number of piperidine rings is 1. The van der Waals surface area contributed by atoms with Gasteiger partial charge in [0.25, 0.3) is 0 Å². The molecule has 0 saturated carbocycles. The van der Waals surface area contributed by atoms with Crippen LogP contribution in [0.5, 0.6) is 11.5 Å². The van der Waals surface area contributed by atoms with Gasteiger partial charge in [-0.15, -0.1) is 0 Å². The van der Waals surface area contributed by atoms with E-state index >= 15 is 0 Å². The molecule has 3 aromatic rings. The van der Waals surface area contributed by atoms with Gasteiger partial charge in [0.05, 0.1) is 12.9 Å². The van der Waals surface area contributed by atoms with E-state index < -0.39 is 0 Å². The molecule has 0 bridgehead atoms. The summed E-state index contributed by atoms with van der Waals surface area (Å²) in [7, 11) is 0. The minimum Gasteiger partial charge on any atom is -0.486 e. The second-order valence-corrected chi connectivity index (χ2v) is 11.5. The van der Waals surface area contributed by atoms with Gasteiger partial charge in [0, 0.05) is 29.0 Å². The van der Waals surface area contributed by atoms with Crippen molar-refractivity contribution in [2.75, 3.05) is 45.9 Å². The highest BCUT2D eigenvalue weighted by atomic mass is 79.9. The molecule has 5 rings (SSSR count). The molecule has 2 aromatic heterocycles. The first-order valence-corrected chi connectivity index (χ1v) is 14.8. The number of ether oxygens (including phenoxy) is 2. The Morgan fingerprint density at radius 3 is 2.63 bits per heavy atom. The standard InChI is InChI=1S/C26H34BrN7O3S/c1-3-33(4-2)22(35)15-32-8-5-17(6-9-32)7-10-34-16-29-24(28)23-25(34)31-26(30-23)38-21-14-20-19(13-18(21)27)36-11-12-37-20/h13-14,16-17,28H,3-12,15H2,1-2H3,(H,30,31). The molecule has 1 fully saturated rings. The molecule has 38 heavy (non-hydrogen) atoms. The summed E-state index contributed by atoms with van der Waals surface area (Å²) in [5.74, 6) is 2.27. The summed E-state index contributed by atoms with van der Waals surface area (Å²) in [5.41, 5.74) is 1.56. The Labute approximate surface area is 234 Å². The average molecular weight is 605 g/mol. The van der Waals surface area contributed by atoms with Gasteiger partial charge >= 0.3 is 0 Å². The lowest BCUT2D eigenvalue weighted by Crippen LogP contribution is -2.43. The number of amides is 1. The van der Waals surface area contributed by atoms with Crippen LogP contribution in [0.3, 0.4) is 0 Å². The number of likely N-dealkylation sites (N-methyl/N-ethyl adjacent to an activating group) is 1. The number of halogens is 1. The van der Waals surface area contributed by atoms with E-state index in [1.807, 2.05) is 35.4 Å². The number of fused-ring (bicyclic) bond motifs is 2. The van der Waals surface area contributed by atoms with E-state index in [0.29, 0.717) is 36.3 Å². The van der Waals surface area contributed by atoms with E-state index in [4.69, 9.17) is 19.9 Å². The Morgan fingerprint density at radius 1 is 1.21 bits per heavy atom. The zero-order valence-electron chi connectivity index (χ0n) is 21.8. The van der Waals surface area contributed by atoms with Crippen LogP contribution >= 0.6 is 27.7 Å². The summed E-state index contributed by atoms with van der Waals surface area (Å²) in [6.07, 6.45) is 4.90. The van der Waals surface area contributed by atoms with Crippen molar-refractivity contribution >= 4 is 44.8 Å². The number of nitrogens with one attached hydrogen (secondary N) is 2. The summed E-state index contributed by atoms with van der Waals surface area (Å²) in [5, 5.41) is 8.99. The quantitative estimate of drug-likeness (QED) is 0.381. The third-order valence-electron chi connectivity index (χ3n) is 7.26. The van der Waals surface area contributed by atoms with Gasteiger partial charge < -0.3 is 23.9 Å². The van der Waals surface area contributed by atoms with Crippen molar-refractivity contribution in [3.05, 3.63) is 28.4 Å². The first-order chi connectivity index (χ1) is 18.4. The van der Waals surface area contributed by atoms with Crippen LogP contribution in [-0.2, 0) is 11.3 Å². The Morgan fingerprint density at radius 2 is 1.92 bits per heavy atom. The molecule has 2 aliphatic heterocycles. The van der Waals surface area contributed by atoms with E-state index in [1.165, 1.54) is 11.8 Å². The lowest BCUT2D eigenvalue weighted by Gasteiger charge is -2.33. The molecule has 10 nitrogen and oxygen atoms in total. The second-order valence-electron chi connectivity index (χ2n) is 9.63. The highest BCUT2D eigenvalue weighted by Crippen LogP contribution is 2.41. The van der Waals surface area contributed by atoms with Gasteiger partial charge in [-0.25, -0.2) is 9.97 Å². The molecule has 1 saturated heterocycles. The van der Waals surface area contributed by atoms with Crippen molar-refractivity contribution < 1.29 is 14.3 Å². The topological polar surface area (TPSA) is 112 Å². The molecular weight excluding hydrogens is 570 g/mol. The van der Waals surface area contributed by atoms with Crippen LogP contribution < -0.4 is 15.0 Å². The number of benzene rings is 1. The number of hydrogen-bond donors (Lipinski definition) is 2. The van der Waals surface area contributed by atoms with Gasteiger partial charge in [0.2, 0.25) is 5.91 Å². The number of rotatable bonds is 9. The van der Waals surface area contributed by atoms with Crippen molar-refractivity contribution in [1.29, 1.82) is 5.41 Å². The number of likely N-dealkylation sites (tertiary alicyclic amines) is 1. The van der Waals surface area contributed by atoms with Crippen LogP contribution in [-0.4, -0.2) is 81.2 Å². The minimum atomic E-state index is 0.183. The number of imidazole rings is 1. The molecule has 2 N–H and O–H groups in total. The molecule has 0 atom stereocenters. The summed E-state index contributed by atoms with van der Waals surface area (Å²) in [4.78, 5) is 30.0. The van der Waals surface area contributed by atoms with Gasteiger partial charge in [0.1, 0.15) is 18.7 Å². The largest absolute Gasteiger partial charge is 0.486 e. The zero-order valence-corrected chi connectivity index (χ0v) is 24.2. The van der Waals surface area contributed by atoms with Crippen molar-refractivity contribution in [1.82, 2.24) is 29.3 Å². The highest BCUT2D eigenvalue weighted by molar-refractivity contribution is 9.10. The summed E-state index contributed by atoms with van der Waals surface area (Å²) >= 11 is 5.11. The van der Waals surface area contributed by atoms with Crippen LogP contribution in [0, 0.1) is 11.3 Å². The number of carbonyl (C=O) groups is 1. The van der Waals surface area contributed by atoms with Gasteiger partial charge in [-0.3, -0.25) is 15.1 Å². The van der Waals surface area contributed by atoms with Crippen molar-refractivity contribution in [3.63, 3.8) is 0 Å². The first kappa shape index (κ1) is 27.0. The first-order valence-electron chi connectivity index (χ1n) is 13.2. The number of aromatic amines is 1. The summed E-state index contributed by atoms with van der Waals surface area (Å²) in [6, 6.07) is 3.87. The maximum atomic E-state index is 12.4. The smallest absolute Gasteiger partial charge is 0.236 e. The van der Waals surface area contributed by atoms with E-state index in [0.717, 1.165) is 78.5 Å². The van der Waals surface area contributed by atoms with Crippen LogP contribution in [0.2, 0.25) is 0 Å². The van der Waals surface area contributed by atoms with Crippen molar-refractivity contribution in [2.24, 2.45) is 5.92 Å². The molecule has 0 radical (unpaired) electrons. The molecule has 204 valence electrons. The molecule has 1 aromatic carbocycles. The fourth-order valence-corrected chi connectivity index (χ4v) is 6.41.